The number of aliphatic carboxylic acids is 1. The molecule has 0 aliphatic carbocycles. The molecule has 0 bridgehead atoms. The highest BCUT2D eigenvalue weighted by Crippen LogP contribution is 2.08. The number of carboxylic acids is 1. The Labute approximate surface area is 120 Å². The van der Waals surface area contributed by atoms with Gasteiger partial charge in [0, 0.05) is 18.8 Å². The van der Waals surface area contributed by atoms with Crippen LogP contribution in [0.1, 0.15) is 6.42 Å². The summed E-state index contributed by atoms with van der Waals surface area (Å²) in [5, 5.41) is 14.1. The Kier molecular flexibility index (Phi) is 7.49. The molecule has 0 unspecified atom stereocenters. The number of amides is 1. The smallest absolute Gasteiger partial charge is 0.313 e. The maximum absolute atomic E-state index is 12.9. The molecule has 1 amide bonds. The predicted octanol–water partition coefficient (Wildman–Crippen LogP) is 1.56. The average Bonchev–Trinajstić information content (AvgIpc) is 2.38. The second-order valence-electron chi connectivity index (χ2n) is 4.03. The first-order valence-corrected chi connectivity index (χ1v) is 7.29. The normalized spacial score (nSPS) is 10.1. The molecule has 7 heteroatoms. The number of rotatable bonds is 9. The van der Waals surface area contributed by atoms with Gasteiger partial charge < -0.3 is 15.7 Å². The van der Waals surface area contributed by atoms with E-state index < -0.39 is 5.97 Å². The fraction of sp³-hybridized carbons (Fsp3) is 0.385. The third-order valence-corrected chi connectivity index (χ3v) is 3.21. The molecule has 20 heavy (non-hydrogen) atoms. The molecular formula is C13H17FN2O3S. The zero-order chi connectivity index (χ0) is 14.8. The zero-order valence-electron chi connectivity index (χ0n) is 10.9. The second-order valence-corrected chi connectivity index (χ2v) is 5.01. The lowest BCUT2D eigenvalue weighted by atomic mass is 10.3. The average molecular weight is 300 g/mol. The molecule has 3 N–H and O–H groups in total. The summed E-state index contributed by atoms with van der Waals surface area (Å²) in [6.07, 6.45) is 0.700. The fourth-order valence-corrected chi connectivity index (χ4v) is 1.99. The Balaban J connectivity index is 2.04. The van der Waals surface area contributed by atoms with Gasteiger partial charge in [-0.25, -0.2) is 4.39 Å². The van der Waals surface area contributed by atoms with E-state index in [2.05, 4.69) is 10.6 Å². The van der Waals surface area contributed by atoms with Gasteiger partial charge in [0.05, 0.1) is 11.5 Å². The highest BCUT2D eigenvalue weighted by molar-refractivity contribution is 8.00. The quantitative estimate of drug-likeness (QED) is 0.603. The van der Waals surface area contributed by atoms with Crippen LogP contribution >= 0.6 is 11.8 Å². The van der Waals surface area contributed by atoms with Gasteiger partial charge in [-0.1, -0.05) is 6.07 Å². The summed E-state index contributed by atoms with van der Waals surface area (Å²) in [5.74, 6) is -1.33. The van der Waals surface area contributed by atoms with Crippen LogP contribution in [0.5, 0.6) is 0 Å². The van der Waals surface area contributed by atoms with Crippen molar-refractivity contribution in [2.24, 2.45) is 0 Å². The van der Waals surface area contributed by atoms with E-state index in [1.807, 2.05) is 0 Å². The number of carboxylic acid groups (broad SMARTS) is 1. The van der Waals surface area contributed by atoms with Crippen molar-refractivity contribution in [3.63, 3.8) is 0 Å². The van der Waals surface area contributed by atoms with E-state index in [0.29, 0.717) is 25.2 Å². The van der Waals surface area contributed by atoms with Crippen LogP contribution in [0, 0.1) is 5.82 Å². The minimum Gasteiger partial charge on any atom is -0.481 e. The first-order chi connectivity index (χ1) is 9.58. The van der Waals surface area contributed by atoms with Crippen molar-refractivity contribution in [3.05, 3.63) is 30.1 Å². The van der Waals surface area contributed by atoms with Crippen molar-refractivity contribution >= 4 is 29.3 Å². The third-order valence-electron chi connectivity index (χ3n) is 2.29. The molecule has 1 aromatic rings. The molecule has 0 spiro atoms. The molecule has 0 aliphatic rings. The van der Waals surface area contributed by atoms with Crippen LogP contribution in [-0.4, -0.2) is 41.6 Å². The Hall–Kier alpha value is -1.76. The molecule has 0 aromatic heterocycles. The number of hydrogen-bond acceptors (Lipinski definition) is 4. The lowest BCUT2D eigenvalue weighted by Crippen LogP contribution is -2.27. The highest BCUT2D eigenvalue weighted by Gasteiger charge is 2.03. The van der Waals surface area contributed by atoms with E-state index in [-0.39, 0.29) is 23.2 Å². The van der Waals surface area contributed by atoms with E-state index in [4.69, 9.17) is 5.11 Å². The summed E-state index contributed by atoms with van der Waals surface area (Å²) in [6, 6.07) is 6.17. The van der Waals surface area contributed by atoms with Gasteiger partial charge in [-0.2, -0.15) is 0 Å². The highest BCUT2D eigenvalue weighted by atomic mass is 32.2. The van der Waals surface area contributed by atoms with Gasteiger partial charge in [-0.05, 0) is 24.6 Å². The molecule has 0 saturated carbocycles. The van der Waals surface area contributed by atoms with Gasteiger partial charge >= 0.3 is 5.97 Å². The molecular weight excluding hydrogens is 283 g/mol. The van der Waals surface area contributed by atoms with Crippen molar-refractivity contribution in [2.45, 2.75) is 6.42 Å². The van der Waals surface area contributed by atoms with Gasteiger partial charge in [-0.15, -0.1) is 11.8 Å². The topological polar surface area (TPSA) is 78.4 Å². The van der Waals surface area contributed by atoms with E-state index >= 15 is 0 Å². The first-order valence-electron chi connectivity index (χ1n) is 6.13. The molecule has 110 valence electrons. The molecule has 0 aliphatic heterocycles. The maximum Gasteiger partial charge on any atom is 0.313 e. The van der Waals surface area contributed by atoms with Crippen LogP contribution in [0.25, 0.3) is 0 Å². The van der Waals surface area contributed by atoms with Crippen LogP contribution < -0.4 is 10.6 Å². The standard InChI is InChI=1S/C13H17FN2O3S/c14-10-3-1-4-11(7-10)15-5-2-6-16-12(17)8-20-9-13(18)19/h1,3-4,7,15H,2,5-6,8-9H2,(H,16,17)(H,18,19). The molecule has 0 heterocycles. The van der Waals surface area contributed by atoms with Crippen molar-refractivity contribution in [2.75, 3.05) is 29.9 Å². The summed E-state index contributed by atoms with van der Waals surface area (Å²) in [7, 11) is 0. The number of carbonyl (C=O) groups excluding carboxylic acids is 1. The van der Waals surface area contributed by atoms with Crippen LogP contribution in [0.15, 0.2) is 24.3 Å². The Morgan fingerprint density at radius 2 is 2.05 bits per heavy atom. The van der Waals surface area contributed by atoms with Gasteiger partial charge in [0.25, 0.3) is 0 Å². The molecule has 0 atom stereocenters. The Morgan fingerprint density at radius 1 is 1.25 bits per heavy atom. The monoisotopic (exact) mass is 300 g/mol. The van der Waals surface area contributed by atoms with E-state index in [0.717, 1.165) is 11.8 Å². The summed E-state index contributed by atoms with van der Waals surface area (Å²) in [5.41, 5.74) is 0.702. The summed E-state index contributed by atoms with van der Waals surface area (Å²) in [6.45, 7) is 1.11. The van der Waals surface area contributed by atoms with Crippen molar-refractivity contribution < 1.29 is 19.1 Å². The minimum atomic E-state index is -0.929. The summed E-state index contributed by atoms with van der Waals surface area (Å²) < 4.78 is 12.9. The summed E-state index contributed by atoms with van der Waals surface area (Å²) in [4.78, 5) is 21.6. The Morgan fingerprint density at radius 3 is 2.75 bits per heavy atom. The number of benzene rings is 1. The van der Waals surface area contributed by atoms with Gasteiger partial charge in [0.1, 0.15) is 5.82 Å². The number of halogens is 1. The van der Waals surface area contributed by atoms with Crippen molar-refractivity contribution in [3.8, 4) is 0 Å². The molecule has 1 aromatic carbocycles. The van der Waals surface area contributed by atoms with E-state index in [1.54, 1.807) is 12.1 Å². The summed E-state index contributed by atoms with van der Waals surface area (Å²) >= 11 is 1.06. The van der Waals surface area contributed by atoms with Crippen LogP contribution in [0.4, 0.5) is 10.1 Å². The molecule has 5 nitrogen and oxygen atoms in total. The minimum absolute atomic E-state index is 0.0749. The number of thioether (sulfide) groups is 1. The number of hydrogen-bond donors (Lipinski definition) is 3. The molecule has 0 radical (unpaired) electrons. The largest absolute Gasteiger partial charge is 0.481 e. The lowest BCUT2D eigenvalue weighted by Gasteiger charge is -2.07. The number of anilines is 1. The lowest BCUT2D eigenvalue weighted by molar-refractivity contribution is -0.133. The second kappa shape index (κ2) is 9.19. The fourth-order valence-electron chi connectivity index (χ4n) is 1.43. The number of carbonyl (C=O) groups is 2. The predicted molar refractivity (Wildman–Crippen MR) is 77.5 cm³/mol. The Bertz CT molecular complexity index is 457. The van der Waals surface area contributed by atoms with E-state index in [9.17, 15) is 14.0 Å². The van der Waals surface area contributed by atoms with Crippen LogP contribution in [0.3, 0.4) is 0 Å². The van der Waals surface area contributed by atoms with E-state index in [1.165, 1.54) is 12.1 Å². The van der Waals surface area contributed by atoms with Gasteiger partial charge in [0.2, 0.25) is 5.91 Å². The zero-order valence-corrected chi connectivity index (χ0v) is 11.7. The SMILES string of the molecule is O=C(O)CSCC(=O)NCCCNc1cccc(F)c1. The number of nitrogens with one attached hydrogen (secondary N) is 2. The van der Waals surface area contributed by atoms with Crippen LogP contribution in [-0.2, 0) is 9.59 Å². The third kappa shape index (κ3) is 7.63. The van der Waals surface area contributed by atoms with Crippen molar-refractivity contribution in [1.29, 1.82) is 0 Å². The van der Waals surface area contributed by atoms with Crippen molar-refractivity contribution in [1.82, 2.24) is 5.32 Å². The first kappa shape index (κ1) is 16.3. The van der Waals surface area contributed by atoms with Crippen LogP contribution in [0.2, 0.25) is 0 Å². The molecule has 0 fully saturated rings. The van der Waals surface area contributed by atoms with Gasteiger partial charge in [-0.3, -0.25) is 9.59 Å². The molecule has 1 rings (SSSR count). The maximum atomic E-state index is 12.9. The molecule has 0 saturated heterocycles. The van der Waals surface area contributed by atoms with Gasteiger partial charge in [0.15, 0.2) is 0 Å².